The van der Waals surface area contributed by atoms with Crippen LogP contribution in [0.25, 0.3) is 5.69 Å². The molecule has 0 radical (unpaired) electrons. The van der Waals surface area contributed by atoms with Gasteiger partial charge in [-0.1, -0.05) is 36.4 Å². The average Bonchev–Trinajstić information content (AvgIpc) is 3.27. The predicted octanol–water partition coefficient (Wildman–Crippen LogP) is 2.54. The molecule has 1 aromatic heterocycles. The largest absolute Gasteiger partial charge is 0.330 e. The summed E-state index contributed by atoms with van der Waals surface area (Å²) in [7, 11) is 0. The van der Waals surface area contributed by atoms with Crippen molar-refractivity contribution in [3.05, 3.63) is 72.3 Å². The summed E-state index contributed by atoms with van der Waals surface area (Å²) < 4.78 is 1.87. The summed E-state index contributed by atoms with van der Waals surface area (Å²) in [5.41, 5.74) is 3.16. The topological polar surface area (TPSA) is 63.1 Å². The number of fused-ring (bicyclic) bond motifs is 1. The minimum atomic E-state index is -0.109. The van der Waals surface area contributed by atoms with Gasteiger partial charge in [0.15, 0.2) is 5.82 Å². The Balaban J connectivity index is 1.47. The van der Waals surface area contributed by atoms with Gasteiger partial charge in [-0.2, -0.15) is 0 Å². The molecule has 0 atom stereocenters. The Morgan fingerprint density at radius 3 is 2.75 bits per heavy atom. The van der Waals surface area contributed by atoms with Gasteiger partial charge in [0.2, 0.25) is 0 Å². The number of carbonyl (C=O) groups excluding carboxylic acids is 1. The van der Waals surface area contributed by atoms with Crippen molar-refractivity contribution in [3.8, 4) is 5.69 Å². The summed E-state index contributed by atoms with van der Waals surface area (Å²) in [4.78, 5) is 14.3. The number of hydrogen-bond acceptors (Lipinski definition) is 3. The molecular formula is C18H17N5O. The third-order valence-corrected chi connectivity index (χ3v) is 4.18. The lowest BCUT2D eigenvalue weighted by Crippen LogP contribution is -2.39. The molecule has 1 N–H and O–H groups in total. The van der Waals surface area contributed by atoms with Crippen LogP contribution >= 0.6 is 0 Å². The lowest BCUT2D eigenvalue weighted by Gasteiger charge is -2.18. The molecule has 2 heterocycles. The summed E-state index contributed by atoms with van der Waals surface area (Å²) in [6, 6.07) is 17.7. The van der Waals surface area contributed by atoms with Gasteiger partial charge < -0.3 is 5.32 Å². The van der Waals surface area contributed by atoms with Crippen LogP contribution in [-0.4, -0.2) is 27.3 Å². The van der Waals surface area contributed by atoms with Crippen LogP contribution in [0.5, 0.6) is 0 Å². The van der Waals surface area contributed by atoms with Gasteiger partial charge >= 0.3 is 6.03 Å². The Morgan fingerprint density at radius 2 is 1.88 bits per heavy atom. The first-order valence-corrected chi connectivity index (χ1v) is 7.90. The molecule has 2 amide bonds. The fraction of sp³-hybridized carbons (Fsp3) is 0.167. The first kappa shape index (κ1) is 14.4. The highest BCUT2D eigenvalue weighted by molar-refractivity contribution is 5.94. The number of nitrogens with one attached hydrogen (secondary N) is 1. The summed E-state index contributed by atoms with van der Waals surface area (Å²) in [5.74, 6) is 0.696. The van der Waals surface area contributed by atoms with Crippen LogP contribution in [0, 0.1) is 0 Å². The maximum atomic E-state index is 12.5. The van der Waals surface area contributed by atoms with E-state index in [4.69, 9.17) is 0 Å². The maximum Gasteiger partial charge on any atom is 0.322 e. The zero-order valence-corrected chi connectivity index (χ0v) is 13.1. The Hall–Kier alpha value is -3.15. The molecule has 0 aliphatic carbocycles. The molecule has 4 rings (SSSR count). The van der Waals surface area contributed by atoms with Crippen molar-refractivity contribution in [2.24, 2.45) is 0 Å². The normalized spacial score (nSPS) is 12.9. The van der Waals surface area contributed by atoms with E-state index in [0.29, 0.717) is 18.9 Å². The van der Waals surface area contributed by atoms with E-state index in [1.807, 2.05) is 53.1 Å². The molecule has 120 valence electrons. The number of carbonyl (C=O) groups is 1. The molecule has 6 heteroatoms. The van der Waals surface area contributed by atoms with Crippen LogP contribution < -0.4 is 10.2 Å². The molecule has 0 fully saturated rings. The van der Waals surface area contributed by atoms with E-state index in [9.17, 15) is 4.79 Å². The molecule has 2 aromatic carbocycles. The van der Waals surface area contributed by atoms with E-state index in [0.717, 1.165) is 17.8 Å². The van der Waals surface area contributed by atoms with Gasteiger partial charge in [-0.05, 0) is 30.2 Å². The second-order valence-corrected chi connectivity index (χ2v) is 5.64. The number of urea groups is 1. The van der Waals surface area contributed by atoms with E-state index in [-0.39, 0.29) is 6.03 Å². The van der Waals surface area contributed by atoms with E-state index < -0.39 is 0 Å². The summed E-state index contributed by atoms with van der Waals surface area (Å²) in [6.45, 7) is 1.03. The average molecular weight is 319 g/mol. The third-order valence-electron chi connectivity index (χ3n) is 4.18. The van der Waals surface area contributed by atoms with E-state index in [2.05, 4.69) is 21.6 Å². The number of hydrogen-bond donors (Lipinski definition) is 1. The summed E-state index contributed by atoms with van der Waals surface area (Å²) in [6.07, 6.45) is 2.55. The number of rotatable bonds is 3. The summed E-state index contributed by atoms with van der Waals surface area (Å²) >= 11 is 0. The van der Waals surface area contributed by atoms with Crippen molar-refractivity contribution in [2.45, 2.75) is 13.0 Å². The third kappa shape index (κ3) is 2.62. The first-order valence-electron chi connectivity index (χ1n) is 7.90. The summed E-state index contributed by atoms with van der Waals surface area (Å²) in [5, 5.41) is 11.0. The van der Waals surface area contributed by atoms with E-state index >= 15 is 0 Å². The molecule has 24 heavy (non-hydrogen) atoms. The second kappa shape index (κ2) is 6.16. The Bertz CT molecular complexity index is 859. The van der Waals surface area contributed by atoms with Crippen molar-refractivity contribution in [3.63, 3.8) is 0 Å². The van der Waals surface area contributed by atoms with Crippen LogP contribution in [0.2, 0.25) is 0 Å². The lowest BCUT2D eigenvalue weighted by molar-refractivity contribution is 0.246. The molecular weight excluding hydrogens is 302 g/mol. The molecule has 3 aromatic rings. The highest BCUT2D eigenvalue weighted by Gasteiger charge is 2.24. The Labute approximate surface area is 139 Å². The monoisotopic (exact) mass is 319 g/mol. The minimum absolute atomic E-state index is 0.109. The molecule has 6 nitrogen and oxygen atoms in total. The fourth-order valence-electron chi connectivity index (χ4n) is 2.98. The van der Waals surface area contributed by atoms with Crippen LogP contribution in [-0.2, 0) is 13.0 Å². The molecule has 1 aliphatic heterocycles. The number of anilines is 1. The molecule has 0 unspecified atom stereocenters. The van der Waals surface area contributed by atoms with Gasteiger partial charge in [0.1, 0.15) is 6.33 Å². The molecule has 0 saturated carbocycles. The number of aromatic nitrogens is 3. The van der Waals surface area contributed by atoms with E-state index in [1.165, 1.54) is 5.56 Å². The molecule has 0 spiro atoms. The van der Waals surface area contributed by atoms with Crippen LogP contribution in [0.4, 0.5) is 10.5 Å². The Kier molecular flexibility index (Phi) is 3.70. The minimum Gasteiger partial charge on any atom is -0.330 e. The highest BCUT2D eigenvalue weighted by Crippen LogP contribution is 2.27. The number of amides is 2. The van der Waals surface area contributed by atoms with Crippen molar-refractivity contribution in [2.75, 3.05) is 11.4 Å². The number of nitrogens with zero attached hydrogens (tertiary/aromatic N) is 4. The maximum absolute atomic E-state index is 12.5. The van der Waals surface area contributed by atoms with Gasteiger partial charge in [-0.15, -0.1) is 10.2 Å². The van der Waals surface area contributed by atoms with E-state index in [1.54, 1.807) is 11.2 Å². The zero-order valence-electron chi connectivity index (χ0n) is 13.1. The van der Waals surface area contributed by atoms with Gasteiger partial charge in [-0.25, -0.2) is 4.79 Å². The fourth-order valence-corrected chi connectivity index (χ4v) is 2.98. The Morgan fingerprint density at radius 1 is 1.08 bits per heavy atom. The van der Waals surface area contributed by atoms with Gasteiger partial charge in [-0.3, -0.25) is 9.47 Å². The van der Waals surface area contributed by atoms with Crippen molar-refractivity contribution in [1.29, 1.82) is 0 Å². The molecule has 0 saturated heterocycles. The quantitative estimate of drug-likeness (QED) is 0.807. The van der Waals surface area contributed by atoms with Crippen molar-refractivity contribution in [1.82, 2.24) is 20.1 Å². The second-order valence-electron chi connectivity index (χ2n) is 5.64. The van der Waals surface area contributed by atoms with Crippen molar-refractivity contribution >= 4 is 11.7 Å². The lowest BCUT2D eigenvalue weighted by atomic mass is 10.2. The van der Waals surface area contributed by atoms with Gasteiger partial charge in [0, 0.05) is 17.9 Å². The SMILES string of the molecule is O=C(NCc1nncn1-c1ccccc1)N1CCc2ccccc21. The number of para-hydroxylation sites is 2. The highest BCUT2D eigenvalue weighted by atomic mass is 16.2. The van der Waals surface area contributed by atoms with Crippen LogP contribution in [0.15, 0.2) is 60.9 Å². The van der Waals surface area contributed by atoms with Gasteiger partial charge in [0.25, 0.3) is 0 Å². The van der Waals surface area contributed by atoms with Crippen LogP contribution in [0.3, 0.4) is 0 Å². The van der Waals surface area contributed by atoms with Crippen molar-refractivity contribution < 1.29 is 4.79 Å². The standard InChI is InChI=1S/C18H17N5O/c24-18(22-11-10-14-6-4-5-9-16(14)22)19-12-17-21-20-13-23(17)15-7-2-1-3-8-15/h1-9,13H,10-12H2,(H,19,24). The van der Waals surface area contributed by atoms with Crippen LogP contribution in [0.1, 0.15) is 11.4 Å². The molecule has 1 aliphatic rings. The predicted molar refractivity (Wildman–Crippen MR) is 91.1 cm³/mol. The van der Waals surface area contributed by atoms with Gasteiger partial charge in [0.05, 0.1) is 6.54 Å². The zero-order chi connectivity index (χ0) is 16.4. The number of benzene rings is 2. The molecule has 0 bridgehead atoms. The smallest absolute Gasteiger partial charge is 0.322 e. The first-order chi connectivity index (χ1) is 11.8.